The molecule has 0 aromatic rings. The Labute approximate surface area is 92.5 Å². The average molecular weight is 206 g/mol. The molecule has 0 bridgehead atoms. The Bertz CT molecular complexity index is 272. The van der Waals surface area contributed by atoms with Crippen LogP contribution in [0.1, 0.15) is 39.0 Å². The predicted octanol–water partition coefficient (Wildman–Crippen LogP) is 2.03. The molecule has 3 aliphatic rings. The van der Waals surface area contributed by atoms with Gasteiger partial charge in [0.15, 0.2) is 0 Å². The van der Waals surface area contributed by atoms with Crippen LogP contribution in [-0.4, -0.2) is 18.8 Å². The third-order valence-electron chi connectivity index (χ3n) is 4.61. The number of nitrogens with one attached hydrogen (secondary N) is 2. The molecule has 1 aliphatic heterocycles. The third kappa shape index (κ3) is 1.64. The minimum Gasteiger partial charge on any atom is -0.300 e. The van der Waals surface area contributed by atoms with Gasteiger partial charge in [-0.3, -0.25) is 5.32 Å². The molecular weight excluding hydrogens is 184 g/mol. The van der Waals surface area contributed by atoms with E-state index in [1.54, 1.807) is 5.57 Å². The van der Waals surface area contributed by atoms with E-state index in [4.69, 9.17) is 0 Å². The van der Waals surface area contributed by atoms with Crippen molar-refractivity contribution in [3.05, 3.63) is 11.6 Å². The van der Waals surface area contributed by atoms with Crippen molar-refractivity contribution in [1.82, 2.24) is 10.6 Å². The Balaban J connectivity index is 1.80. The molecule has 2 N–H and O–H groups in total. The summed E-state index contributed by atoms with van der Waals surface area (Å²) >= 11 is 0. The van der Waals surface area contributed by atoms with E-state index >= 15 is 0 Å². The largest absolute Gasteiger partial charge is 0.300 e. The van der Waals surface area contributed by atoms with Crippen LogP contribution in [0.25, 0.3) is 0 Å². The molecule has 0 radical (unpaired) electrons. The fourth-order valence-electron chi connectivity index (χ4n) is 3.69. The summed E-state index contributed by atoms with van der Waals surface area (Å²) in [5.74, 6) is 1.73. The smallest absolute Gasteiger partial charge is 0.0459 e. The highest BCUT2D eigenvalue weighted by molar-refractivity contribution is 5.20. The van der Waals surface area contributed by atoms with Crippen LogP contribution >= 0.6 is 0 Å². The van der Waals surface area contributed by atoms with Crippen LogP contribution in [0, 0.1) is 11.8 Å². The minimum absolute atomic E-state index is 0.739. The highest BCUT2D eigenvalue weighted by Crippen LogP contribution is 2.40. The SMILES string of the molecule is CCC1C=C2CCC3NCNC3C2CC1. The van der Waals surface area contributed by atoms with Crippen molar-refractivity contribution >= 4 is 0 Å². The fraction of sp³-hybridized carbons (Fsp3) is 0.846. The Morgan fingerprint density at radius 3 is 3.07 bits per heavy atom. The van der Waals surface area contributed by atoms with E-state index in [9.17, 15) is 0 Å². The fourth-order valence-corrected chi connectivity index (χ4v) is 3.69. The third-order valence-corrected chi connectivity index (χ3v) is 4.61. The maximum Gasteiger partial charge on any atom is 0.0459 e. The van der Waals surface area contributed by atoms with E-state index in [-0.39, 0.29) is 0 Å². The Morgan fingerprint density at radius 1 is 1.27 bits per heavy atom. The van der Waals surface area contributed by atoms with Gasteiger partial charge in [0.1, 0.15) is 0 Å². The van der Waals surface area contributed by atoms with Crippen LogP contribution < -0.4 is 10.6 Å². The maximum absolute atomic E-state index is 3.64. The van der Waals surface area contributed by atoms with E-state index in [2.05, 4.69) is 23.6 Å². The Hall–Kier alpha value is -0.340. The minimum atomic E-state index is 0.739. The van der Waals surface area contributed by atoms with Crippen LogP contribution in [-0.2, 0) is 0 Å². The molecule has 0 aromatic heterocycles. The van der Waals surface area contributed by atoms with Gasteiger partial charge in [0.2, 0.25) is 0 Å². The Kier molecular flexibility index (Phi) is 2.57. The molecule has 3 rings (SSSR count). The molecule has 2 heteroatoms. The standard InChI is InChI=1S/C13H22N2/c1-2-9-3-5-11-10(7-9)4-6-12-13(11)15-8-14-12/h7,9,11-15H,2-6,8H2,1H3. The highest BCUT2D eigenvalue weighted by Gasteiger charge is 2.39. The number of fused-ring (bicyclic) bond motifs is 3. The molecule has 2 fully saturated rings. The van der Waals surface area contributed by atoms with E-state index in [1.165, 1.54) is 32.1 Å². The second kappa shape index (κ2) is 3.91. The van der Waals surface area contributed by atoms with Crippen LogP contribution in [0.2, 0.25) is 0 Å². The summed E-state index contributed by atoms with van der Waals surface area (Å²) in [6.07, 6.45) is 9.45. The van der Waals surface area contributed by atoms with Gasteiger partial charge < -0.3 is 5.32 Å². The quantitative estimate of drug-likeness (QED) is 0.641. The number of allylic oxidation sites excluding steroid dienone is 1. The summed E-state index contributed by atoms with van der Waals surface area (Å²) < 4.78 is 0. The second-order valence-corrected chi connectivity index (χ2v) is 5.35. The first-order valence-electron chi connectivity index (χ1n) is 6.56. The normalized spacial score (nSPS) is 44.5. The monoisotopic (exact) mass is 206 g/mol. The van der Waals surface area contributed by atoms with Crippen molar-refractivity contribution in [3.8, 4) is 0 Å². The van der Waals surface area contributed by atoms with Crippen molar-refractivity contribution in [2.45, 2.75) is 51.1 Å². The van der Waals surface area contributed by atoms with Crippen LogP contribution in [0.3, 0.4) is 0 Å². The van der Waals surface area contributed by atoms with E-state index in [1.807, 2.05) is 0 Å². The molecule has 1 saturated carbocycles. The lowest BCUT2D eigenvalue weighted by atomic mass is 9.70. The molecule has 2 nitrogen and oxygen atoms in total. The first kappa shape index (κ1) is 9.86. The first-order chi connectivity index (χ1) is 7.38. The van der Waals surface area contributed by atoms with Crippen molar-refractivity contribution in [3.63, 3.8) is 0 Å². The summed E-state index contributed by atoms with van der Waals surface area (Å²) in [7, 11) is 0. The van der Waals surface area contributed by atoms with Gasteiger partial charge in [-0.05, 0) is 43.9 Å². The molecule has 0 aromatic carbocycles. The summed E-state index contributed by atoms with van der Waals surface area (Å²) in [4.78, 5) is 0. The molecular formula is C13H22N2. The van der Waals surface area contributed by atoms with Crippen LogP contribution in [0.5, 0.6) is 0 Å². The molecule has 0 spiro atoms. The van der Waals surface area contributed by atoms with Crippen LogP contribution in [0.4, 0.5) is 0 Å². The summed E-state index contributed by atoms with van der Waals surface area (Å²) in [5, 5.41) is 7.22. The number of rotatable bonds is 1. The lowest BCUT2D eigenvalue weighted by Gasteiger charge is -2.39. The van der Waals surface area contributed by atoms with Gasteiger partial charge in [0, 0.05) is 18.8 Å². The van der Waals surface area contributed by atoms with E-state index in [0.717, 1.165) is 30.6 Å². The van der Waals surface area contributed by atoms with Gasteiger partial charge in [-0.15, -0.1) is 0 Å². The second-order valence-electron chi connectivity index (χ2n) is 5.35. The Morgan fingerprint density at radius 2 is 2.20 bits per heavy atom. The molecule has 1 heterocycles. The van der Waals surface area contributed by atoms with Gasteiger partial charge in [-0.1, -0.05) is 18.6 Å². The molecule has 84 valence electrons. The average Bonchev–Trinajstić information content (AvgIpc) is 2.76. The van der Waals surface area contributed by atoms with E-state index < -0.39 is 0 Å². The topological polar surface area (TPSA) is 24.1 Å². The van der Waals surface area contributed by atoms with Gasteiger partial charge >= 0.3 is 0 Å². The summed E-state index contributed by atoms with van der Waals surface area (Å²) in [6.45, 7) is 3.35. The van der Waals surface area contributed by atoms with Crippen LogP contribution in [0.15, 0.2) is 11.6 Å². The van der Waals surface area contributed by atoms with Crippen molar-refractivity contribution < 1.29 is 0 Å². The molecule has 1 saturated heterocycles. The van der Waals surface area contributed by atoms with Gasteiger partial charge in [0.05, 0.1) is 0 Å². The molecule has 4 atom stereocenters. The molecule has 4 unspecified atom stereocenters. The lowest BCUT2D eigenvalue weighted by molar-refractivity contribution is 0.283. The van der Waals surface area contributed by atoms with Crippen molar-refractivity contribution in [1.29, 1.82) is 0 Å². The summed E-state index contributed by atoms with van der Waals surface area (Å²) in [5.41, 5.74) is 1.77. The molecule has 15 heavy (non-hydrogen) atoms. The molecule has 2 aliphatic carbocycles. The van der Waals surface area contributed by atoms with Gasteiger partial charge in [-0.25, -0.2) is 0 Å². The number of hydrogen-bond acceptors (Lipinski definition) is 2. The van der Waals surface area contributed by atoms with Crippen molar-refractivity contribution in [2.24, 2.45) is 11.8 Å². The van der Waals surface area contributed by atoms with Crippen molar-refractivity contribution in [2.75, 3.05) is 6.67 Å². The zero-order valence-electron chi connectivity index (χ0n) is 9.63. The zero-order valence-corrected chi connectivity index (χ0v) is 9.63. The lowest BCUT2D eigenvalue weighted by Crippen LogP contribution is -2.45. The zero-order chi connectivity index (χ0) is 10.3. The number of hydrogen-bond donors (Lipinski definition) is 2. The summed E-state index contributed by atoms with van der Waals surface area (Å²) in [6, 6.07) is 1.49. The van der Waals surface area contributed by atoms with Gasteiger partial charge in [0.25, 0.3) is 0 Å². The van der Waals surface area contributed by atoms with E-state index in [0.29, 0.717) is 0 Å². The maximum atomic E-state index is 3.64. The van der Waals surface area contributed by atoms with Gasteiger partial charge in [-0.2, -0.15) is 0 Å². The first-order valence-corrected chi connectivity index (χ1v) is 6.56. The highest BCUT2D eigenvalue weighted by atomic mass is 15.2. The predicted molar refractivity (Wildman–Crippen MR) is 62.5 cm³/mol. The molecule has 0 amide bonds.